The lowest BCUT2D eigenvalue weighted by atomic mass is 10.1. The van der Waals surface area contributed by atoms with E-state index in [2.05, 4.69) is 15.4 Å². The molecular formula is C14H21N3O4S2. The van der Waals surface area contributed by atoms with Crippen LogP contribution < -0.4 is 15.4 Å². The molecule has 3 N–H and O–H groups in total. The van der Waals surface area contributed by atoms with E-state index in [0.29, 0.717) is 36.6 Å². The van der Waals surface area contributed by atoms with Gasteiger partial charge >= 0.3 is 0 Å². The Balaban J connectivity index is 1.77. The molecule has 1 fully saturated rings. The molecule has 1 aliphatic carbocycles. The molecule has 0 bridgehead atoms. The van der Waals surface area contributed by atoms with Gasteiger partial charge in [0, 0.05) is 32.0 Å². The average molecular weight is 359 g/mol. The molecule has 7 nitrogen and oxygen atoms in total. The van der Waals surface area contributed by atoms with Gasteiger partial charge in [0.1, 0.15) is 4.21 Å². The van der Waals surface area contributed by atoms with E-state index in [4.69, 9.17) is 0 Å². The lowest BCUT2D eigenvalue weighted by molar-refractivity contribution is -0.125. The molecule has 0 spiro atoms. The Morgan fingerprint density at radius 2 is 2.00 bits per heavy atom. The monoisotopic (exact) mass is 359 g/mol. The first-order valence-corrected chi connectivity index (χ1v) is 9.83. The Kier molecular flexibility index (Phi) is 6.14. The van der Waals surface area contributed by atoms with Gasteiger partial charge in [0.25, 0.3) is 0 Å². The first-order valence-electron chi connectivity index (χ1n) is 7.46. The fourth-order valence-corrected chi connectivity index (χ4v) is 4.88. The number of hydrogen-bond donors (Lipinski definition) is 3. The second-order valence-corrected chi connectivity index (χ2v) is 8.42. The Morgan fingerprint density at radius 3 is 2.65 bits per heavy atom. The Labute approximate surface area is 139 Å². The minimum atomic E-state index is -3.49. The van der Waals surface area contributed by atoms with Crippen LogP contribution in [-0.2, 0) is 19.6 Å². The van der Waals surface area contributed by atoms with Crippen molar-refractivity contribution in [2.24, 2.45) is 5.92 Å². The molecule has 1 aliphatic rings. The maximum absolute atomic E-state index is 12.2. The molecular weight excluding hydrogens is 338 g/mol. The standard InChI is InChI=1S/C14H21N3O4S2/c1-10(18)15-6-7-16-14(19)11-4-5-12(9-11)17-23(20,21)13-3-2-8-22-13/h2-3,8,11-12,17H,4-7,9H2,1H3,(H,15,18)(H,16,19)/t11-,12+/m0/s1. The largest absolute Gasteiger partial charge is 0.355 e. The minimum absolute atomic E-state index is 0.0897. The maximum atomic E-state index is 12.2. The summed E-state index contributed by atoms with van der Waals surface area (Å²) in [6.07, 6.45) is 1.80. The van der Waals surface area contributed by atoms with Crippen molar-refractivity contribution in [2.75, 3.05) is 13.1 Å². The van der Waals surface area contributed by atoms with Gasteiger partial charge in [-0.3, -0.25) is 9.59 Å². The molecule has 2 amide bonds. The Hall–Kier alpha value is -1.45. The van der Waals surface area contributed by atoms with Gasteiger partial charge < -0.3 is 10.6 Å². The molecule has 1 aromatic heterocycles. The SMILES string of the molecule is CC(=O)NCCNC(=O)[C@H]1CC[C@@H](NS(=O)(=O)c2cccs2)C1. The van der Waals surface area contributed by atoms with Gasteiger partial charge in [0.15, 0.2) is 0 Å². The Morgan fingerprint density at radius 1 is 1.26 bits per heavy atom. The van der Waals surface area contributed by atoms with Gasteiger partial charge in [-0.15, -0.1) is 11.3 Å². The zero-order chi connectivity index (χ0) is 16.9. The van der Waals surface area contributed by atoms with Crippen molar-refractivity contribution in [3.8, 4) is 0 Å². The number of carbonyl (C=O) groups is 2. The smallest absolute Gasteiger partial charge is 0.250 e. The van der Waals surface area contributed by atoms with Crippen molar-refractivity contribution < 1.29 is 18.0 Å². The third-order valence-corrected chi connectivity index (χ3v) is 6.60. The lowest BCUT2D eigenvalue weighted by Gasteiger charge is -2.13. The van der Waals surface area contributed by atoms with Crippen LogP contribution >= 0.6 is 11.3 Å². The number of hydrogen-bond acceptors (Lipinski definition) is 5. The Bertz CT molecular complexity index is 643. The number of rotatable bonds is 7. The summed E-state index contributed by atoms with van der Waals surface area (Å²) in [5.74, 6) is -0.417. The summed E-state index contributed by atoms with van der Waals surface area (Å²) < 4.78 is 27.3. The average Bonchev–Trinajstić information content (AvgIpc) is 3.14. The van der Waals surface area contributed by atoms with E-state index in [9.17, 15) is 18.0 Å². The topological polar surface area (TPSA) is 104 Å². The molecule has 0 unspecified atom stereocenters. The predicted octanol–water partition coefficient (Wildman–Crippen LogP) is 0.447. The summed E-state index contributed by atoms with van der Waals surface area (Å²) >= 11 is 1.17. The minimum Gasteiger partial charge on any atom is -0.355 e. The second-order valence-electron chi connectivity index (χ2n) is 5.53. The van der Waals surface area contributed by atoms with E-state index >= 15 is 0 Å². The van der Waals surface area contributed by atoms with Crippen molar-refractivity contribution in [1.29, 1.82) is 0 Å². The van der Waals surface area contributed by atoms with Gasteiger partial charge in [0.05, 0.1) is 0 Å². The molecule has 1 saturated carbocycles. The number of thiophene rings is 1. The van der Waals surface area contributed by atoms with Gasteiger partial charge in [0.2, 0.25) is 21.8 Å². The maximum Gasteiger partial charge on any atom is 0.250 e. The van der Waals surface area contributed by atoms with Crippen LogP contribution in [0.5, 0.6) is 0 Å². The van der Waals surface area contributed by atoms with E-state index in [1.54, 1.807) is 17.5 Å². The first kappa shape index (κ1) is 17.9. The highest BCUT2D eigenvalue weighted by atomic mass is 32.2. The molecule has 0 aromatic carbocycles. The number of amides is 2. The number of carbonyl (C=O) groups excluding carboxylic acids is 2. The van der Waals surface area contributed by atoms with Crippen LogP contribution in [-0.4, -0.2) is 39.4 Å². The third kappa shape index (κ3) is 5.29. The molecule has 0 saturated heterocycles. The highest BCUT2D eigenvalue weighted by molar-refractivity contribution is 7.91. The van der Waals surface area contributed by atoms with Crippen molar-refractivity contribution in [3.05, 3.63) is 17.5 Å². The van der Waals surface area contributed by atoms with Gasteiger partial charge in [-0.25, -0.2) is 13.1 Å². The number of nitrogens with one attached hydrogen (secondary N) is 3. The van der Waals surface area contributed by atoms with Crippen LogP contribution in [0.2, 0.25) is 0 Å². The second kappa shape index (κ2) is 7.89. The normalized spacial score (nSPS) is 21.1. The highest BCUT2D eigenvalue weighted by Gasteiger charge is 2.32. The van der Waals surface area contributed by atoms with Crippen LogP contribution in [0.3, 0.4) is 0 Å². The molecule has 9 heteroatoms. The molecule has 128 valence electrons. The predicted molar refractivity (Wildman–Crippen MR) is 87.5 cm³/mol. The summed E-state index contributed by atoms with van der Waals surface area (Å²) in [6.45, 7) is 2.19. The van der Waals surface area contributed by atoms with E-state index < -0.39 is 10.0 Å². The van der Waals surface area contributed by atoms with Crippen LogP contribution in [0.4, 0.5) is 0 Å². The quantitative estimate of drug-likeness (QED) is 0.615. The van der Waals surface area contributed by atoms with Crippen LogP contribution in [0.15, 0.2) is 21.7 Å². The van der Waals surface area contributed by atoms with Gasteiger partial charge in [-0.2, -0.15) is 0 Å². The third-order valence-electron chi connectivity index (χ3n) is 3.68. The lowest BCUT2D eigenvalue weighted by Crippen LogP contribution is -2.37. The molecule has 0 aliphatic heterocycles. The molecule has 1 heterocycles. The molecule has 2 atom stereocenters. The molecule has 23 heavy (non-hydrogen) atoms. The van der Waals surface area contributed by atoms with Crippen molar-refractivity contribution in [2.45, 2.75) is 36.4 Å². The summed E-state index contributed by atoms with van der Waals surface area (Å²) in [5, 5.41) is 7.08. The van der Waals surface area contributed by atoms with Crippen molar-refractivity contribution >= 4 is 33.2 Å². The fraction of sp³-hybridized carbons (Fsp3) is 0.571. The van der Waals surface area contributed by atoms with Crippen LogP contribution in [0.1, 0.15) is 26.2 Å². The van der Waals surface area contributed by atoms with Crippen molar-refractivity contribution in [1.82, 2.24) is 15.4 Å². The van der Waals surface area contributed by atoms with E-state index in [1.807, 2.05) is 0 Å². The molecule has 1 aromatic rings. The fourth-order valence-electron chi connectivity index (χ4n) is 2.59. The first-order chi connectivity index (χ1) is 10.9. The van der Waals surface area contributed by atoms with Gasteiger partial charge in [-0.1, -0.05) is 6.07 Å². The van der Waals surface area contributed by atoms with E-state index in [-0.39, 0.29) is 23.8 Å². The highest BCUT2D eigenvalue weighted by Crippen LogP contribution is 2.27. The molecule has 0 radical (unpaired) electrons. The summed E-state index contributed by atoms with van der Waals surface area (Å²) in [7, 11) is -3.49. The van der Waals surface area contributed by atoms with E-state index in [1.165, 1.54) is 18.3 Å². The van der Waals surface area contributed by atoms with Gasteiger partial charge in [-0.05, 0) is 30.7 Å². The zero-order valence-corrected chi connectivity index (χ0v) is 14.5. The zero-order valence-electron chi connectivity index (χ0n) is 12.9. The van der Waals surface area contributed by atoms with E-state index in [0.717, 1.165) is 0 Å². The number of sulfonamides is 1. The molecule has 2 rings (SSSR count). The van der Waals surface area contributed by atoms with Crippen LogP contribution in [0, 0.1) is 5.92 Å². The van der Waals surface area contributed by atoms with Crippen LogP contribution in [0.25, 0.3) is 0 Å². The summed E-state index contributed by atoms with van der Waals surface area (Å²) in [6, 6.07) is 3.04. The summed E-state index contributed by atoms with van der Waals surface area (Å²) in [4.78, 5) is 22.8. The summed E-state index contributed by atoms with van der Waals surface area (Å²) in [5.41, 5.74) is 0. The van der Waals surface area contributed by atoms with Crippen molar-refractivity contribution in [3.63, 3.8) is 0 Å².